The molecule has 2 heterocycles. The van der Waals surface area contributed by atoms with E-state index >= 15 is 0 Å². The highest BCUT2D eigenvalue weighted by atomic mass is 16.5. The van der Waals surface area contributed by atoms with E-state index in [9.17, 15) is 14.4 Å². The molecule has 0 aliphatic carbocycles. The average molecular weight is 297 g/mol. The van der Waals surface area contributed by atoms with Crippen LogP contribution in [0.1, 0.15) is 28.0 Å². The van der Waals surface area contributed by atoms with E-state index in [4.69, 9.17) is 9.84 Å². The van der Waals surface area contributed by atoms with E-state index in [0.717, 1.165) is 6.07 Å². The molecule has 1 aromatic rings. The van der Waals surface area contributed by atoms with Gasteiger partial charge < -0.3 is 24.6 Å². The molecule has 2 N–H and O–H groups in total. The van der Waals surface area contributed by atoms with Crippen LogP contribution in [0.2, 0.25) is 0 Å². The smallest absolute Gasteiger partial charge is 0.374 e. The van der Waals surface area contributed by atoms with Crippen molar-refractivity contribution >= 4 is 17.8 Å². The third-order valence-electron chi connectivity index (χ3n) is 2.98. The van der Waals surface area contributed by atoms with Crippen LogP contribution in [0.3, 0.4) is 0 Å². The standard InChI is InChI=1S/C12H15N3O6/c1-2-13-10(16)8-6-20-4-3-15(8)11(17)7-5-9(12(18)19)21-14-7/h5,8H,2-4,6H2,1H3,(H,13,16)(H,18,19). The second kappa shape index (κ2) is 6.35. The topological polar surface area (TPSA) is 122 Å². The van der Waals surface area contributed by atoms with Crippen molar-refractivity contribution in [2.75, 3.05) is 26.3 Å². The molecule has 9 nitrogen and oxygen atoms in total. The second-order valence-electron chi connectivity index (χ2n) is 4.37. The van der Waals surface area contributed by atoms with E-state index in [1.807, 2.05) is 0 Å². The van der Waals surface area contributed by atoms with Gasteiger partial charge in [0.2, 0.25) is 11.7 Å². The fourth-order valence-electron chi connectivity index (χ4n) is 1.98. The van der Waals surface area contributed by atoms with Crippen molar-refractivity contribution in [3.63, 3.8) is 0 Å². The minimum absolute atomic E-state index is 0.0845. The van der Waals surface area contributed by atoms with Gasteiger partial charge in [0.15, 0.2) is 5.69 Å². The molecule has 1 aliphatic rings. The summed E-state index contributed by atoms with van der Waals surface area (Å²) in [6, 6.07) is 0.269. The molecule has 114 valence electrons. The molecule has 1 fully saturated rings. The van der Waals surface area contributed by atoms with Gasteiger partial charge in [-0.1, -0.05) is 5.16 Å². The minimum Gasteiger partial charge on any atom is -0.475 e. The molecule has 21 heavy (non-hydrogen) atoms. The highest BCUT2D eigenvalue weighted by Crippen LogP contribution is 2.13. The average Bonchev–Trinajstić information content (AvgIpc) is 2.97. The van der Waals surface area contributed by atoms with E-state index < -0.39 is 23.7 Å². The summed E-state index contributed by atoms with van der Waals surface area (Å²) in [5.74, 6) is -2.64. The summed E-state index contributed by atoms with van der Waals surface area (Å²) < 4.78 is 9.77. The fraction of sp³-hybridized carbons (Fsp3) is 0.500. The number of nitrogens with one attached hydrogen (secondary N) is 1. The zero-order chi connectivity index (χ0) is 15.4. The number of carbonyl (C=O) groups excluding carboxylic acids is 2. The summed E-state index contributed by atoms with van der Waals surface area (Å²) in [5, 5.41) is 14.8. The van der Waals surface area contributed by atoms with Gasteiger partial charge in [-0.25, -0.2) is 4.79 Å². The van der Waals surface area contributed by atoms with Crippen molar-refractivity contribution in [1.82, 2.24) is 15.4 Å². The van der Waals surface area contributed by atoms with E-state index in [-0.39, 0.29) is 24.8 Å². The van der Waals surface area contributed by atoms with Gasteiger partial charge in [-0.05, 0) is 6.92 Å². The third kappa shape index (κ3) is 3.19. The molecule has 1 atom stereocenters. The first-order valence-corrected chi connectivity index (χ1v) is 6.41. The number of aromatic carboxylic acids is 1. The number of likely N-dealkylation sites (N-methyl/N-ethyl adjacent to an activating group) is 1. The molecule has 9 heteroatoms. The molecule has 2 rings (SSSR count). The van der Waals surface area contributed by atoms with Crippen LogP contribution in [-0.2, 0) is 9.53 Å². The van der Waals surface area contributed by atoms with Crippen LogP contribution >= 0.6 is 0 Å². The van der Waals surface area contributed by atoms with Crippen molar-refractivity contribution in [3.05, 3.63) is 17.5 Å². The predicted molar refractivity (Wildman–Crippen MR) is 67.8 cm³/mol. The van der Waals surface area contributed by atoms with Crippen molar-refractivity contribution in [2.45, 2.75) is 13.0 Å². The quantitative estimate of drug-likeness (QED) is 0.757. The maximum Gasteiger partial charge on any atom is 0.374 e. The lowest BCUT2D eigenvalue weighted by Gasteiger charge is -2.33. The Balaban J connectivity index is 2.17. The highest BCUT2D eigenvalue weighted by molar-refractivity contribution is 5.97. The summed E-state index contributed by atoms with van der Waals surface area (Å²) in [7, 11) is 0. The Morgan fingerprint density at radius 3 is 2.90 bits per heavy atom. The van der Waals surface area contributed by atoms with Crippen LogP contribution < -0.4 is 5.32 Å². The zero-order valence-electron chi connectivity index (χ0n) is 11.4. The SMILES string of the molecule is CCNC(=O)C1COCCN1C(=O)c1cc(C(=O)O)on1. The number of aromatic nitrogens is 1. The summed E-state index contributed by atoms with van der Waals surface area (Å²) in [4.78, 5) is 36.3. The monoisotopic (exact) mass is 297 g/mol. The lowest BCUT2D eigenvalue weighted by molar-refractivity contribution is -0.130. The van der Waals surface area contributed by atoms with Crippen LogP contribution in [-0.4, -0.2) is 65.3 Å². The first-order valence-electron chi connectivity index (χ1n) is 6.41. The van der Waals surface area contributed by atoms with Gasteiger partial charge in [0, 0.05) is 19.2 Å². The number of morpholine rings is 1. The fourth-order valence-corrected chi connectivity index (χ4v) is 1.98. The Labute approximate surface area is 119 Å². The normalized spacial score (nSPS) is 18.3. The Morgan fingerprint density at radius 1 is 1.52 bits per heavy atom. The Morgan fingerprint density at radius 2 is 2.29 bits per heavy atom. The predicted octanol–water partition coefficient (Wildman–Crippen LogP) is -0.650. The number of ether oxygens (including phenoxy) is 1. The van der Waals surface area contributed by atoms with Gasteiger partial charge in [0.1, 0.15) is 6.04 Å². The summed E-state index contributed by atoms with van der Waals surface area (Å²) in [6.45, 7) is 2.80. The highest BCUT2D eigenvalue weighted by Gasteiger charge is 2.34. The van der Waals surface area contributed by atoms with Crippen molar-refractivity contribution in [2.24, 2.45) is 0 Å². The molecule has 0 aromatic carbocycles. The Bertz CT molecular complexity index is 555. The van der Waals surface area contributed by atoms with Gasteiger partial charge in [0.25, 0.3) is 5.91 Å². The Kier molecular flexibility index (Phi) is 4.53. The van der Waals surface area contributed by atoms with E-state index in [2.05, 4.69) is 15.0 Å². The molecule has 1 unspecified atom stereocenters. The lowest BCUT2D eigenvalue weighted by Crippen LogP contribution is -2.55. The Hall–Kier alpha value is -2.42. The van der Waals surface area contributed by atoms with Gasteiger partial charge in [-0.2, -0.15) is 0 Å². The van der Waals surface area contributed by atoms with Gasteiger partial charge in [-0.15, -0.1) is 0 Å². The number of amides is 2. The zero-order valence-corrected chi connectivity index (χ0v) is 11.4. The molecule has 0 spiro atoms. The molecular weight excluding hydrogens is 282 g/mol. The molecular formula is C12H15N3O6. The molecule has 1 aromatic heterocycles. The van der Waals surface area contributed by atoms with Crippen LogP contribution in [0.4, 0.5) is 0 Å². The number of carboxylic acids is 1. The first kappa shape index (κ1) is 15.0. The number of hydrogen-bond donors (Lipinski definition) is 2. The van der Waals surface area contributed by atoms with Crippen LogP contribution in [0, 0.1) is 0 Å². The molecule has 0 saturated carbocycles. The van der Waals surface area contributed by atoms with E-state index in [1.54, 1.807) is 6.92 Å². The number of hydrogen-bond acceptors (Lipinski definition) is 6. The van der Waals surface area contributed by atoms with Crippen molar-refractivity contribution < 1.29 is 28.8 Å². The summed E-state index contributed by atoms with van der Waals surface area (Å²) in [5.41, 5.74) is -0.149. The number of rotatable bonds is 4. The van der Waals surface area contributed by atoms with Gasteiger partial charge in [-0.3, -0.25) is 9.59 Å². The lowest BCUT2D eigenvalue weighted by atomic mass is 10.2. The van der Waals surface area contributed by atoms with Crippen LogP contribution in [0.15, 0.2) is 10.6 Å². The molecule has 1 aliphatic heterocycles. The number of carbonyl (C=O) groups is 3. The number of nitrogens with zero attached hydrogens (tertiary/aromatic N) is 2. The van der Waals surface area contributed by atoms with Crippen LogP contribution in [0.5, 0.6) is 0 Å². The maximum atomic E-state index is 12.3. The maximum absolute atomic E-state index is 12.3. The molecule has 2 amide bonds. The van der Waals surface area contributed by atoms with Crippen LogP contribution in [0.25, 0.3) is 0 Å². The van der Waals surface area contributed by atoms with E-state index in [1.165, 1.54) is 4.90 Å². The molecule has 0 bridgehead atoms. The van der Waals surface area contributed by atoms with Crippen molar-refractivity contribution in [1.29, 1.82) is 0 Å². The summed E-state index contributed by atoms with van der Waals surface area (Å²) >= 11 is 0. The second-order valence-corrected chi connectivity index (χ2v) is 4.37. The van der Waals surface area contributed by atoms with Crippen molar-refractivity contribution in [3.8, 4) is 0 Å². The number of carboxylic acid groups (broad SMARTS) is 1. The summed E-state index contributed by atoms with van der Waals surface area (Å²) in [6.07, 6.45) is 0. The van der Waals surface area contributed by atoms with Gasteiger partial charge >= 0.3 is 5.97 Å². The first-order chi connectivity index (χ1) is 10.0. The van der Waals surface area contributed by atoms with Gasteiger partial charge in [0.05, 0.1) is 13.2 Å². The third-order valence-corrected chi connectivity index (χ3v) is 2.98. The molecule has 1 saturated heterocycles. The van der Waals surface area contributed by atoms with E-state index in [0.29, 0.717) is 13.2 Å². The molecule has 0 radical (unpaired) electrons. The minimum atomic E-state index is -1.32. The largest absolute Gasteiger partial charge is 0.475 e.